The number of pyridine rings is 2. The van der Waals surface area contributed by atoms with Gasteiger partial charge in [0, 0.05) is 24.1 Å². The summed E-state index contributed by atoms with van der Waals surface area (Å²) in [7, 11) is 1.49. The van der Waals surface area contributed by atoms with Crippen LogP contribution < -0.4 is 14.8 Å². The van der Waals surface area contributed by atoms with E-state index in [9.17, 15) is 18.0 Å². The standard InChI is InChI=1S/C21H18F3N3O3/c1-13-16(4-6-19(26-13)21(22,23)24)20(28)27-15-3-5-17(29-2)18(11-15)30-12-14-7-9-25-10-8-14/h3-11H,12H2,1-2H3,(H,27,28). The SMILES string of the molecule is COc1ccc(NC(=O)c2ccc(C(F)(F)F)nc2C)cc1OCc1ccncc1. The fourth-order valence-electron chi connectivity index (χ4n) is 2.66. The predicted molar refractivity (Wildman–Crippen MR) is 103 cm³/mol. The molecule has 0 unspecified atom stereocenters. The molecule has 156 valence electrons. The minimum Gasteiger partial charge on any atom is -0.493 e. The van der Waals surface area contributed by atoms with Gasteiger partial charge in [0.2, 0.25) is 0 Å². The molecule has 0 saturated carbocycles. The Labute approximate surface area is 170 Å². The zero-order valence-corrected chi connectivity index (χ0v) is 16.2. The summed E-state index contributed by atoms with van der Waals surface area (Å²) in [5.41, 5.74) is 0.258. The number of carbonyl (C=O) groups is 1. The first-order valence-electron chi connectivity index (χ1n) is 8.84. The minimum atomic E-state index is -4.57. The van der Waals surface area contributed by atoms with E-state index in [1.807, 2.05) is 0 Å². The molecule has 0 fully saturated rings. The van der Waals surface area contributed by atoms with Crippen LogP contribution >= 0.6 is 0 Å². The van der Waals surface area contributed by atoms with Crippen molar-refractivity contribution < 1.29 is 27.4 Å². The van der Waals surface area contributed by atoms with Crippen molar-refractivity contribution in [1.29, 1.82) is 0 Å². The first kappa shape index (κ1) is 21.1. The van der Waals surface area contributed by atoms with Crippen molar-refractivity contribution in [2.75, 3.05) is 12.4 Å². The Bertz CT molecular complexity index is 1040. The number of rotatable bonds is 6. The van der Waals surface area contributed by atoms with Crippen LogP contribution in [0.1, 0.15) is 27.3 Å². The molecule has 0 aliphatic heterocycles. The van der Waals surface area contributed by atoms with Gasteiger partial charge in [-0.05, 0) is 48.9 Å². The molecule has 0 aliphatic carbocycles. The molecule has 2 heterocycles. The molecular formula is C21H18F3N3O3. The van der Waals surface area contributed by atoms with Gasteiger partial charge in [0.15, 0.2) is 11.5 Å². The number of nitrogens with zero attached hydrogens (tertiary/aromatic N) is 2. The monoisotopic (exact) mass is 417 g/mol. The van der Waals surface area contributed by atoms with Gasteiger partial charge >= 0.3 is 6.18 Å². The van der Waals surface area contributed by atoms with Crippen LogP contribution in [0.2, 0.25) is 0 Å². The van der Waals surface area contributed by atoms with Crippen molar-refractivity contribution in [3.8, 4) is 11.5 Å². The summed E-state index contributed by atoms with van der Waals surface area (Å²) in [5, 5.41) is 2.64. The van der Waals surface area contributed by atoms with Crippen LogP contribution in [-0.4, -0.2) is 23.0 Å². The molecule has 9 heteroatoms. The van der Waals surface area contributed by atoms with Crippen LogP contribution in [-0.2, 0) is 12.8 Å². The molecule has 6 nitrogen and oxygen atoms in total. The number of aromatic nitrogens is 2. The molecule has 3 aromatic rings. The number of alkyl halides is 3. The third-order valence-electron chi connectivity index (χ3n) is 4.19. The molecule has 0 atom stereocenters. The van der Waals surface area contributed by atoms with Gasteiger partial charge < -0.3 is 14.8 Å². The molecule has 3 rings (SSSR count). The van der Waals surface area contributed by atoms with Crippen LogP contribution in [0.15, 0.2) is 54.9 Å². The number of hydrogen-bond donors (Lipinski definition) is 1. The second kappa shape index (κ2) is 8.81. The number of methoxy groups -OCH3 is 1. The first-order valence-corrected chi connectivity index (χ1v) is 8.84. The van der Waals surface area contributed by atoms with E-state index >= 15 is 0 Å². The van der Waals surface area contributed by atoms with E-state index < -0.39 is 17.8 Å². The highest BCUT2D eigenvalue weighted by Gasteiger charge is 2.33. The highest BCUT2D eigenvalue weighted by Crippen LogP contribution is 2.32. The average Bonchev–Trinajstić information content (AvgIpc) is 2.72. The van der Waals surface area contributed by atoms with Crippen LogP contribution in [0.5, 0.6) is 11.5 Å². The summed E-state index contributed by atoms with van der Waals surface area (Å²) >= 11 is 0. The fraction of sp³-hybridized carbons (Fsp3) is 0.190. The topological polar surface area (TPSA) is 73.3 Å². The van der Waals surface area contributed by atoms with E-state index in [1.165, 1.54) is 14.0 Å². The number of amides is 1. The number of benzene rings is 1. The Kier molecular flexibility index (Phi) is 6.20. The summed E-state index contributed by atoms with van der Waals surface area (Å²) in [6, 6.07) is 10.3. The second-order valence-corrected chi connectivity index (χ2v) is 6.29. The van der Waals surface area contributed by atoms with Crippen LogP contribution in [0, 0.1) is 6.92 Å². The van der Waals surface area contributed by atoms with Gasteiger partial charge in [-0.25, -0.2) is 4.98 Å². The molecule has 1 amide bonds. The molecule has 1 N–H and O–H groups in total. The van der Waals surface area contributed by atoms with Gasteiger partial charge in [0.1, 0.15) is 12.3 Å². The van der Waals surface area contributed by atoms with Crippen LogP contribution in [0.3, 0.4) is 0 Å². The van der Waals surface area contributed by atoms with E-state index in [-0.39, 0.29) is 17.9 Å². The summed E-state index contributed by atoms with van der Waals surface area (Å²) in [4.78, 5) is 19.9. The van der Waals surface area contributed by atoms with E-state index in [0.29, 0.717) is 17.2 Å². The average molecular weight is 417 g/mol. The smallest absolute Gasteiger partial charge is 0.433 e. The number of ether oxygens (including phenoxy) is 2. The maximum atomic E-state index is 12.8. The van der Waals surface area contributed by atoms with Gasteiger partial charge in [-0.2, -0.15) is 13.2 Å². The quantitative estimate of drug-likeness (QED) is 0.632. The lowest BCUT2D eigenvalue weighted by Gasteiger charge is -2.14. The Morgan fingerprint density at radius 2 is 1.80 bits per heavy atom. The zero-order valence-electron chi connectivity index (χ0n) is 16.2. The molecule has 0 saturated heterocycles. The highest BCUT2D eigenvalue weighted by molar-refractivity contribution is 6.05. The number of carbonyl (C=O) groups excluding carboxylic acids is 1. The Balaban J connectivity index is 1.77. The first-order chi connectivity index (χ1) is 14.3. The summed E-state index contributed by atoms with van der Waals surface area (Å²) in [5.74, 6) is 0.280. The van der Waals surface area contributed by atoms with E-state index in [4.69, 9.17) is 9.47 Å². The van der Waals surface area contributed by atoms with Crippen molar-refractivity contribution >= 4 is 11.6 Å². The third kappa shape index (κ3) is 5.05. The number of halogens is 3. The molecule has 1 aromatic carbocycles. The molecular weight excluding hydrogens is 399 g/mol. The summed E-state index contributed by atoms with van der Waals surface area (Å²) in [6.07, 6.45) is -1.28. The summed E-state index contributed by atoms with van der Waals surface area (Å²) in [6.45, 7) is 1.61. The largest absolute Gasteiger partial charge is 0.493 e. The van der Waals surface area contributed by atoms with Crippen molar-refractivity contribution in [3.05, 3.63) is 77.4 Å². The maximum Gasteiger partial charge on any atom is 0.433 e. The second-order valence-electron chi connectivity index (χ2n) is 6.29. The number of aryl methyl sites for hydroxylation is 1. The van der Waals surface area contributed by atoms with Crippen molar-refractivity contribution in [2.24, 2.45) is 0 Å². The van der Waals surface area contributed by atoms with Gasteiger partial charge in [-0.1, -0.05) is 0 Å². The van der Waals surface area contributed by atoms with Crippen molar-refractivity contribution in [1.82, 2.24) is 9.97 Å². The lowest BCUT2D eigenvalue weighted by atomic mass is 10.1. The van der Waals surface area contributed by atoms with Gasteiger partial charge in [-0.15, -0.1) is 0 Å². The van der Waals surface area contributed by atoms with Crippen LogP contribution in [0.25, 0.3) is 0 Å². The van der Waals surface area contributed by atoms with Gasteiger partial charge in [0.25, 0.3) is 5.91 Å². The Hall–Kier alpha value is -3.62. The molecule has 30 heavy (non-hydrogen) atoms. The molecule has 2 aromatic heterocycles. The third-order valence-corrected chi connectivity index (χ3v) is 4.19. The Morgan fingerprint density at radius 3 is 2.43 bits per heavy atom. The minimum absolute atomic E-state index is 0.0232. The lowest BCUT2D eigenvalue weighted by molar-refractivity contribution is -0.141. The van der Waals surface area contributed by atoms with Crippen molar-refractivity contribution in [2.45, 2.75) is 19.7 Å². The van der Waals surface area contributed by atoms with E-state index in [2.05, 4.69) is 15.3 Å². The molecule has 0 aliphatic rings. The number of hydrogen-bond acceptors (Lipinski definition) is 5. The highest BCUT2D eigenvalue weighted by atomic mass is 19.4. The lowest BCUT2D eigenvalue weighted by Crippen LogP contribution is -2.16. The normalized spacial score (nSPS) is 11.1. The van der Waals surface area contributed by atoms with Gasteiger partial charge in [0.05, 0.1) is 18.4 Å². The van der Waals surface area contributed by atoms with Crippen molar-refractivity contribution in [3.63, 3.8) is 0 Å². The molecule has 0 bridgehead atoms. The van der Waals surface area contributed by atoms with E-state index in [0.717, 1.165) is 17.7 Å². The van der Waals surface area contributed by atoms with E-state index in [1.54, 1.807) is 42.7 Å². The maximum absolute atomic E-state index is 12.8. The fourth-order valence-corrected chi connectivity index (χ4v) is 2.66. The number of anilines is 1. The molecule has 0 spiro atoms. The predicted octanol–water partition coefficient (Wildman–Crippen LogP) is 4.64. The number of nitrogens with one attached hydrogen (secondary N) is 1. The van der Waals surface area contributed by atoms with Crippen LogP contribution in [0.4, 0.5) is 18.9 Å². The molecule has 0 radical (unpaired) electrons. The van der Waals surface area contributed by atoms with Gasteiger partial charge in [-0.3, -0.25) is 9.78 Å². The Morgan fingerprint density at radius 1 is 1.07 bits per heavy atom. The zero-order chi connectivity index (χ0) is 21.7. The summed E-state index contributed by atoms with van der Waals surface area (Å²) < 4.78 is 49.4.